The highest BCUT2D eigenvalue weighted by atomic mass is 32.1. The van der Waals surface area contributed by atoms with Gasteiger partial charge in [0.15, 0.2) is 0 Å². The van der Waals surface area contributed by atoms with Crippen LogP contribution in [0.2, 0.25) is 0 Å². The highest BCUT2D eigenvalue weighted by molar-refractivity contribution is 7.09. The fourth-order valence-electron chi connectivity index (χ4n) is 2.01. The molecule has 0 aromatic carbocycles. The average molecular weight is 249 g/mol. The van der Waals surface area contributed by atoms with Crippen molar-refractivity contribution in [3.63, 3.8) is 0 Å². The van der Waals surface area contributed by atoms with Crippen LogP contribution in [-0.4, -0.2) is 9.78 Å². The molecule has 0 radical (unpaired) electrons. The van der Waals surface area contributed by atoms with Gasteiger partial charge < -0.3 is 5.32 Å². The molecule has 2 rings (SSSR count). The van der Waals surface area contributed by atoms with Gasteiger partial charge in [0.25, 0.3) is 0 Å². The lowest BCUT2D eigenvalue weighted by molar-refractivity contribution is 0.516. The maximum Gasteiger partial charge on any atom is 0.0828 e. The van der Waals surface area contributed by atoms with Crippen LogP contribution in [0.3, 0.4) is 0 Å². The molecule has 2 heterocycles. The van der Waals surface area contributed by atoms with Crippen LogP contribution in [0, 0.1) is 13.8 Å². The van der Waals surface area contributed by atoms with E-state index in [0.717, 1.165) is 12.2 Å². The molecule has 1 N–H and O–H groups in total. The molecule has 0 unspecified atom stereocenters. The first kappa shape index (κ1) is 12.2. The van der Waals surface area contributed by atoms with Crippen molar-refractivity contribution < 1.29 is 0 Å². The lowest BCUT2D eigenvalue weighted by atomic mass is 10.3. The third kappa shape index (κ3) is 2.52. The van der Waals surface area contributed by atoms with Crippen LogP contribution in [-0.2, 0) is 6.54 Å². The second kappa shape index (κ2) is 4.92. The average Bonchev–Trinajstić information content (AvgIpc) is 2.86. The zero-order valence-corrected chi connectivity index (χ0v) is 11.6. The summed E-state index contributed by atoms with van der Waals surface area (Å²) >= 11 is 1.78. The van der Waals surface area contributed by atoms with Crippen LogP contribution in [0.25, 0.3) is 0 Å². The third-order valence-corrected chi connectivity index (χ3v) is 3.71. The first-order chi connectivity index (χ1) is 8.09. The van der Waals surface area contributed by atoms with Crippen molar-refractivity contribution in [1.82, 2.24) is 9.78 Å². The Bertz CT molecular complexity index is 483. The minimum Gasteiger partial charge on any atom is -0.377 e. The zero-order chi connectivity index (χ0) is 12.4. The maximum atomic E-state index is 4.57. The third-order valence-electron chi connectivity index (χ3n) is 2.83. The fraction of sp³-hybridized carbons (Fsp3) is 0.462. The quantitative estimate of drug-likeness (QED) is 0.894. The Morgan fingerprint density at radius 1 is 1.41 bits per heavy atom. The van der Waals surface area contributed by atoms with E-state index in [9.17, 15) is 0 Å². The summed E-state index contributed by atoms with van der Waals surface area (Å²) in [6, 6.07) is 4.64. The van der Waals surface area contributed by atoms with Crippen LogP contribution < -0.4 is 5.32 Å². The molecule has 0 saturated heterocycles. The molecular formula is C13H19N3S. The van der Waals surface area contributed by atoms with Crippen LogP contribution in [0.5, 0.6) is 0 Å². The van der Waals surface area contributed by atoms with Gasteiger partial charge >= 0.3 is 0 Å². The summed E-state index contributed by atoms with van der Waals surface area (Å²) < 4.78 is 2.08. The Morgan fingerprint density at radius 2 is 2.18 bits per heavy atom. The van der Waals surface area contributed by atoms with Crippen molar-refractivity contribution in [2.45, 2.75) is 40.3 Å². The van der Waals surface area contributed by atoms with E-state index in [1.54, 1.807) is 11.3 Å². The number of hydrogen-bond acceptors (Lipinski definition) is 3. The van der Waals surface area contributed by atoms with Gasteiger partial charge in [0, 0.05) is 17.5 Å². The predicted octanol–water partition coefficient (Wildman–Crippen LogP) is 3.75. The zero-order valence-electron chi connectivity index (χ0n) is 10.8. The normalized spacial score (nSPS) is 11.1. The van der Waals surface area contributed by atoms with E-state index < -0.39 is 0 Å². The van der Waals surface area contributed by atoms with Crippen LogP contribution in [0.1, 0.15) is 36.2 Å². The molecule has 0 amide bonds. The first-order valence-corrected chi connectivity index (χ1v) is 6.79. The molecular weight excluding hydrogens is 230 g/mol. The number of rotatable bonds is 4. The SMILES string of the molecule is Cc1nn(C(C)C)c(C)c1NCc1cccs1. The van der Waals surface area contributed by atoms with E-state index in [4.69, 9.17) is 0 Å². The van der Waals surface area contributed by atoms with Gasteiger partial charge in [0.1, 0.15) is 0 Å². The summed E-state index contributed by atoms with van der Waals surface area (Å²) in [6.45, 7) is 9.37. The Balaban J connectivity index is 2.15. The fourth-order valence-corrected chi connectivity index (χ4v) is 2.65. The van der Waals surface area contributed by atoms with E-state index in [1.165, 1.54) is 16.3 Å². The van der Waals surface area contributed by atoms with Crippen molar-refractivity contribution in [2.24, 2.45) is 0 Å². The largest absolute Gasteiger partial charge is 0.377 e. The molecule has 0 aliphatic rings. The molecule has 2 aromatic rings. The monoisotopic (exact) mass is 249 g/mol. The minimum atomic E-state index is 0.408. The molecule has 4 heteroatoms. The second-order valence-electron chi connectivity index (χ2n) is 4.52. The molecule has 0 spiro atoms. The van der Waals surface area contributed by atoms with Crippen LogP contribution >= 0.6 is 11.3 Å². The van der Waals surface area contributed by atoms with Gasteiger partial charge in [-0.25, -0.2) is 0 Å². The van der Waals surface area contributed by atoms with E-state index in [2.05, 4.69) is 60.3 Å². The first-order valence-electron chi connectivity index (χ1n) is 5.91. The van der Waals surface area contributed by atoms with Gasteiger partial charge in [-0.1, -0.05) is 6.07 Å². The van der Waals surface area contributed by atoms with Gasteiger partial charge in [-0.05, 0) is 39.1 Å². The molecule has 0 atom stereocenters. The summed E-state index contributed by atoms with van der Waals surface area (Å²) in [5.41, 5.74) is 3.47. The van der Waals surface area contributed by atoms with Gasteiger partial charge in [0.05, 0.1) is 17.1 Å². The molecule has 2 aromatic heterocycles. The topological polar surface area (TPSA) is 29.9 Å². The number of anilines is 1. The van der Waals surface area contributed by atoms with E-state index in [-0.39, 0.29) is 0 Å². The van der Waals surface area contributed by atoms with Crippen LogP contribution in [0.4, 0.5) is 5.69 Å². The minimum absolute atomic E-state index is 0.408. The summed E-state index contributed by atoms with van der Waals surface area (Å²) in [5, 5.41) is 10.2. The van der Waals surface area contributed by atoms with Gasteiger partial charge in [0.2, 0.25) is 0 Å². The highest BCUT2D eigenvalue weighted by Gasteiger charge is 2.12. The van der Waals surface area contributed by atoms with Gasteiger partial charge in [-0.2, -0.15) is 5.10 Å². The Hall–Kier alpha value is -1.29. The Morgan fingerprint density at radius 3 is 2.71 bits per heavy atom. The van der Waals surface area contributed by atoms with Crippen molar-refractivity contribution in [2.75, 3.05) is 5.32 Å². The summed E-state index contributed by atoms with van der Waals surface area (Å²) in [4.78, 5) is 1.35. The van der Waals surface area contributed by atoms with E-state index in [1.807, 2.05) is 0 Å². The van der Waals surface area contributed by atoms with Crippen molar-refractivity contribution in [1.29, 1.82) is 0 Å². The number of aromatic nitrogens is 2. The number of hydrogen-bond donors (Lipinski definition) is 1. The smallest absolute Gasteiger partial charge is 0.0828 e. The lowest BCUT2D eigenvalue weighted by Crippen LogP contribution is -2.05. The van der Waals surface area contributed by atoms with Gasteiger partial charge in [-0.3, -0.25) is 4.68 Å². The second-order valence-corrected chi connectivity index (χ2v) is 5.55. The summed E-state index contributed by atoms with van der Waals surface area (Å²) in [6.07, 6.45) is 0. The van der Waals surface area contributed by atoms with Crippen molar-refractivity contribution in [3.05, 3.63) is 33.8 Å². The van der Waals surface area contributed by atoms with Crippen LogP contribution in [0.15, 0.2) is 17.5 Å². The molecule has 0 bridgehead atoms. The molecule has 0 fully saturated rings. The molecule has 0 saturated carbocycles. The van der Waals surface area contributed by atoms with Crippen molar-refractivity contribution >= 4 is 17.0 Å². The van der Waals surface area contributed by atoms with E-state index in [0.29, 0.717) is 6.04 Å². The molecule has 3 nitrogen and oxygen atoms in total. The Labute approximate surface area is 106 Å². The number of nitrogens with one attached hydrogen (secondary N) is 1. The van der Waals surface area contributed by atoms with E-state index >= 15 is 0 Å². The summed E-state index contributed by atoms with van der Waals surface area (Å²) in [5.74, 6) is 0. The molecule has 17 heavy (non-hydrogen) atoms. The van der Waals surface area contributed by atoms with Crippen molar-refractivity contribution in [3.8, 4) is 0 Å². The van der Waals surface area contributed by atoms with Gasteiger partial charge in [-0.15, -0.1) is 11.3 Å². The number of aryl methyl sites for hydroxylation is 1. The highest BCUT2D eigenvalue weighted by Crippen LogP contribution is 2.23. The standard InChI is InChI=1S/C13H19N3S/c1-9(2)16-11(4)13(10(3)15-16)14-8-12-6-5-7-17-12/h5-7,9,14H,8H2,1-4H3. The molecule has 92 valence electrons. The predicted molar refractivity (Wildman–Crippen MR) is 73.7 cm³/mol. The Kier molecular flexibility index (Phi) is 3.52. The number of nitrogens with zero attached hydrogens (tertiary/aromatic N) is 2. The lowest BCUT2D eigenvalue weighted by Gasteiger charge is -2.09. The summed E-state index contributed by atoms with van der Waals surface area (Å²) in [7, 11) is 0. The maximum absolute atomic E-state index is 4.57. The molecule has 0 aliphatic carbocycles. The molecule has 0 aliphatic heterocycles. The number of thiophene rings is 1.